The minimum absolute atomic E-state index is 0.0490. The predicted octanol–water partition coefficient (Wildman–Crippen LogP) is 2.28. The molecule has 8 nitrogen and oxygen atoms in total. The number of aromatic amines is 1. The van der Waals surface area contributed by atoms with Gasteiger partial charge in [0.05, 0.1) is 24.4 Å². The van der Waals surface area contributed by atoms with Gasteiger partial charge < -0.3 is 19.9 Å². The van der Waals surface area contributed by atoms with Crippen LogP contribution < -0.4 is 5.32 Å². The van der Waals surface area contributed by atoms with Crippen molar-refractivity contribution in [1.29, 1.82) is 0 Å². The number of carbonyl (C=O) groups excluding carboxylic acids is 3. The van der Waals surface area contributed by atoms with Gasteiger partial charge in [-0.1, -0.05) is 6.07 Å². The highest BCUT2D eigenvalue weighted by atomic mass is 16.5. The van der Waals surface area contributed by atoms with Crippen molar-refractivity contribution in [3.8, 4) is 0 Å². The number of Topliss-reactive ketones (excluding diaryl/α,β-unsaturated/α-hetero) is 1. The Balaban J connectivity index is 1.39. The summed E-state index contributed by atoms with van der Waals surface area (Å²) in [5.41, 5.74) is 6.25. The normalized spacial score (nSPS) is 19.4. The third kappa shape index (κ3) is 4.31. The molecule has 4 heterocycles. The van der Waals surface area contributed by atoms with Crippen LogP contribution in [-0.4, -0.2) is 78.3 Å². The number of nitrogens with zero attached hydrogens (tertiary/aromatic N) is 2. The molecule has 0 radical (unpaired) electrons. The molecule has 1 aromatic heterocycles. The highest BCUT2D eigenvalue weighted by molar-refractivity contribution is 6.35. The topological polar surface area (TPSA) is 94.7 Å². The number of hydrogen-bond donors (Lipinski definition) is 2. The number of ketones is 1. The zero-order valence-electron chi connectivity index (χ0n) is 19.7. The molecule has 0 saturated carbocycles. The molecule has 0 aliphatic carbocycles. The quantitative estimate of drug-likeness (QED) is 0.643. The number of amides is 2. The second-order valence-electron chi connectivity index (χ2n) is 9.28. The van der Waals surface area contributed by atoms with Gasteiger partial charge in [0.25, 0.3) is 11.8 Å². The van der Waals surface area contributed by atoms with Gasteiger partial charge in [0.1, 0.15) is 5.78 Å². The Hall–Kier alpha value is -3.23. The second kappa shape index (κ2) is 9.19. The van der Waals surface area contributed by atoms with E-state index in [0.717, 1.165) is 78.6 Å². The third-order valence-electron chi connectivity index (χ3n) is 6.90. The molecule has 2 amide bonds. The van der Waals surface area contributed by atoms with Crippen LogP contribution in [0.2, 0.25) is 0 Å². The predicted molar refractivity (Wildman–Crippen MR) is 130 cm³/mol. The van der Waals surface area contributed by atoms with Gasteiger partial charge >= 0.3 is 0 Å². The summed E-state index contributed by atoms with van der Waals surface area (Å²) in [6.07, 6.45) is 2.93. The third-order valence-corrected chi connectivity index (χ3v) is 6.90. The summed E-state index contributed by atoms with van der Waals surface area (Å²) in [5, 5.41) is 2.90. The molecule has 1 aromatic carbocycles. The van der Waals surface area contributed by atoms with Crippen LogP contribution in [0, 0.1) is 6.92 Å². The molecule has 5 rings (SSSR count). The summed E-state index contributed by atoms with van der Waals surface area (Å²) in [7, 11) is 0. The Bertz CT molecular complexity index is 1190. The van der Waals surface area contributed by atoms with Crippen molar-refractivity contribution in [3.63, 3.8) is 0 Å². The highest BCUT2D eigenvalue weighted by Gasteiger charge is 2.31. The van der Waals surface area contributed by atoms with Gasteiger partial charge in [-0.25, -0.2) is 0 Å². The molecule has 0 unspecified atom stereocenters. The second-order valence-corrected chi connectivity index (χ2v) is 9.28. The van der Waals surface area contributed by atoms with Crippen LogP contribution in [-0.2, 0) is 27.2 Å². The molecule has 0 atom stereocenters. The number of ether oxygens (including phenoxy) is 1. The zero-order valence-corrected chi connectivity index (χ0v) is 19.7. The standard InChI is InChI=1S/C26H30N4O4/c1-16(31)13-18-3-4-21-19(14-18)20(25(32)28-21)15-23-17(2)24-22(27-23)5-6-30(26(24)33)8-7-29-9-11-34-12-10-29/h3-4,14-15,27H,5-13H2,1-2H3,(H,28,32)/b20-15-. The average molecular weight is 463 g/mol. The first kappa shape index (κ1) is 22.6. The largest absolute Gasteiger partial charge is 0.379 e. The number of anilines is 1. The fourth-order valence-electron chi connectivity index (χ4n) is 5.03. The van der Waals surface area contributed by atoms with E-state index >= 15 is 0 Å². The molecule has 1 fully saturated rings. The monoisotopic (exact) mass is 462 g/mol. The lowest BCUT2D eigenvalue weighted by Crippen LogP contribution is -2.45. The molecule has 0 bridgehead atoms. The zero-order chi connectivity index (χ0) is 23.8. The van der Waals surface area contributed by atoms with Gasteiger partial charge in [-0.15, -0.1) is 0 Å². The van der Waals surface area contributed by atoms with Crippen LogP contribution in [0.4, 0.5) is 5.69 Å². The van der Waals surface area contributed by atoms with Crippen LogP contribution in [0.15, 0.2) is 18.2 Å². The van der Waals surface area contributed by atoms with Gasteiger partial charge in [0.15, 0.2) is 0 Å². The molecule has 1 saturated heterocycles. The van der Waals surface area contributed by atoms with Gasteiger partial charge in [0, 0.05) is 68.2 Å². The van der Waals surface area contributed by atoms with E-state index in [1.165, 1.54) is 0 Å². The number of nitrogens with one attached hydrogen (secondary N) is 2. The van der Waals surface area contributed by atoms with Crippen molar-refractivity contribution in [2.75, 3.05) is 51.3 Å². The van der Waals surface area contributed by atoms with Crippen molar-refractivity contribution in [2.24, 2.45) is 0 Å². The van der Waals surface area contributed by atoms with Crippen molar-refractivity contribution >= 4 is 34.9 Å². The number of morpholine rings is 1. The van der Waals surface area contributed by atoms with Gasteiger partial charge in [0.2, 0.25) is 0 Å². The van der Waals surface area contributed by atoms with E-state index in [4.69, 9.17) is 4.74 Å². The Kier molecular flexibility index (Phi) is 6.10. The molecule has 178 valence electrons. The molecule has 3 aliphatic heterocycles. The van der Waals surface area contributed by atoms with Gasteiger partial charge in [-0.2, -0.15) is 0 Å². The van der Waals surface area contributed by atoms with Crippen molar-refractivity contribution in [2.45, 2.75) is 26.7 Å². The van der Waals surface area contributed by atoms with Crippen LogP contribution in [0.1, 0.15) is 45.4 Å². The summed E-state index contributed by atoms with van der Waals surface area (Å²) in [4.78, 5) is 45.2. The fourth-order valence-corrected chi connectivity index (χ4v) is 5.03. The minimum Gasteiger partial charge on any atom is -0.379 e. The molecule has 2 aromatic rings. The summed E-state index contributed by atoms with van der Waals surface area (Å²) >= 11 is 0. The maximum atomic E-state index is 13.3. The van der Waals surface area contributed by atoms with Gasteiger partial charge in [-0.05, 0) is 43.2 Å². The Morgan fingerprint density at radius 2 is 1.94 bits per heavy atom. The molecular weight excluding hydrogens is 432 g/mol. The smallest absolute Gasteiger partial charge is 0.256 e. The summed E-state index contributed by atoms with van der Waals surface area (Å²) in [5.74, 6) is -0.0549. The first-order chi connectivity index (χ1) is 16.4. The fraction of sp³-hybridized carbons (Fsp3) is 0.423. The van der Waals surface area contributed by atoms with E-state index in [9.17, 15) is 14.4 Å². The number of H-pyrrole nitrogens is 1. The molecule has 2 N–H and O–H groups in total. The molecule has 8 heteroatoms. The number of hydrogen-bond acceptors (Lipinski definition) is 5. The van der Waals surface area contributed by atoms with E-state index < -0.39 is 0 Å². The highest BCUT2D eigenvalue weighted by Crippen LogP contribution is 2.35. The number of benzene rings is 1. The van der Waals surface area contributed by atoms with Crippen LogP contribution in [0.25, 0.3) is 11.6 Å². The van der Waals surface area contributed by atoms with E-state index in [0.29, 0.717) is 25.1 Å². The summed E-state index contributed by atoms with van der Waals surface area (Å²) < 4.78 is 5.41. The van der Waals surface area contributed by atoms with Crippen molar-refractivity contribution in [1.82, 2.24) is 14.8 Å². The first-order valence-electron chi connectivity index (χ1n) is 11.9. The lowest BCUT2D eigenvalue weighted by molar-refractivity contribution is -0.116. The summed E-state index contributed by atoms with van der Waals surface area (Å²) in [6, 6.07) is 5.61. The van der Waals surface area contributed by atoms with E-state index in [2.05, 4.69) is 15.2 Å². The number of fused-ring (bicyclic) bond motifs is 2. The maximum Gasteiger partial charge on any atom is 0.256 e. The van der Waals surface area contributed by atoms with Crippen molar-refractivity contribution < 1.29 is 19.1 Å². The molecule has 0 spiro atoms. The van der Waals surface area contributed by atoms with E-state index in [1.54, 1.807) is 6.92 Å². The number of aromatic nitrogens is 1. The molecule has 3 aliphatic rings. The summed E-state index contributed by atoms with van der Waals surface area (Å²) in [6.45, 7) is 9.05. The van der Waals surface area contributed by atoms with Crippen LogP contribution >= 0.6 is 0 Å². The Labute approximate surface area is 198 Å². The average Bonchev–Trinajstić information content (AvgIpc) is 3.30. The van der Waals surface area contributed by atoms with E-state index in [-0.39, 0.29) is 17.6 Å². The number of rotatable bonds is 6. The number of carbonyl (C=O) groups is 3. The van der Waals surface area contributed by atoms with Gasteiger partial charge in [-0.3, -0.25) is 19.3 Å². The van der Waals surface area contributed by atoms with Crippen LogP contribution in [0.3, 0.4) is 0 Å². The SMILES string of the molecule is CC(=O)Cc1ccc2c(c1)/C(=C/c1[nH]c3c(c1C)C(=O)N(CCN1CCOCC1)CC3)C(=O)N2. The Morgan fingerprint density at radius 1 is 1.15 bits per heavy atom. The first-order valence-corrected chi connectivity index (χ1v) is 11.9. The minimum atomic E-state index is -0.180. The lowest BCUT2D eigenvalue weighted by atomic mass is 9.99. The van der Waals surface area contributed by atoms with Crippen LogP contribution in [0.5, 0.6) is 0 Å². The maximum absolute atomic E-state index is 13.3. The van der Waals surface area contributed by atoms with Crippen molar-refractivity contribution in [3.05, 3.63) is 51.8 Å². The van der Waals surface area contributed by atoms with E-state index in [1.807, 2.05) is 36.1 Å². The Morgan fingerprint density at radius 3 is 2.71 bits per heavy atom. The molecule has 34 heavy (non-hydrogen) atoms. The lowest BCUT2D eigenvalue weighted by Gasteiger charge is -2.32. The molecular formula is C26H30N4O4.